The van der Waals surface area contributed by atoms with Gasteiger partial charge in [0.1, 0.15) is 0 Å². The van der Waals surface area contributed by atoms with Crippen LogP contribution in [0, 0.1) is 5.92 Å². The summed E-state index contributed by atoms with van der Waals surface area (Å²) in [5, 5.41) is 0. The van der Waals surface area contributed by atoms with Crippen LogP contribution in [-0.2, 0) is 9.78 Å². The van der Waals surface area contributed by atoms with Crippen molar-refractivity contribution in [3.8, 4) is 0 Å². The van der Waals surface area contributed by atoms with Gasteiger partial charge in [-0.25, -0.2) is 9.78 Å². The molecule has 0 heterocycles. The largest absolute Gasteiger partial charge is 0.233 e. The summed E-state index contributed by atoms with van der Waals surface area (Å²) in [6.07, 6.45) is 7.57. The molecule has 0 aliphatic heterocycles. The number of hydrogen-bond donors (Lipinski definition) is 0. The van der Waals surface area contributed by atoms with Gasteiger partial charge in [-0.1, -0.05) is 33.1 Å². The van der Waals surface area contributed by atoms with Crippen LogP contribution in [0.25, 0.3) is 0 Å². The molecule has 0 saturated heterocycles. The summed E-state index contributed by atoms with van der Waals surface area (Å²) in [7, 11) is 0. The zero-order valence-corrected chi connectivity index (χ0v) is 10.7. The van der Waals surface area contributed by atoms with Crippen LogP contribution in [0.5, 0.6) is 0 Å². The summed E-state index contributed by atoms with van der Waals surface area (Å²) in [5.74, 6) is 0.649. The molecule has 1 saturated carbocycles. The van der Waals surface area contributed by atoms with Crippen LogP contribution in [0.1, 0.15) is 66.2 Å². The SMILES string of the molecule is CCCC(C)(C)OOC1CCCCC1C. The second-order valence-corrected chi connectivity index (χ2v) is 5.49. The zero-order chi connectivity index (χ0) is 11.3. The van der Waals surface area contributed by atoms with Crippen LogP contribution in [-0.4, -0.2) is 11.7 Å². The predicted octanol–water partition coefficient (Wildman–Crippen LogP) is 4.09. The van der Waals surface area contributed by atoms with Gasteiger partial charge in [-0.05, 0) is 39.0 Å². The highest BCUT2D eigenvalue weighted by molar-refractivity contribution is 4.72. The third-order valence-electron chi connectivity index (χ3n) is 3.28. The second kappa shape index (κ2) is 5.86. The van der Waals surface area contributed by atoms with Crippen molar-refractivity contribution in [1.29, 1.82) is 0 Å². The van der Waals surface area contributed by atoms with Crippen LogP contribution in [0.2, 0.25) is 0 Å². The Labute approximate surface area is 94.3 Å². The van der Waals surface area contributed by atoms with Gasteiger partial charge in [0.15, 0.2) is 0 Å². The van der Waals surface area contributed by atoms with Crippen molar-refractivity contribution in [2.45, 2.75) is 77.9 Å². The third kappa shape index (κ3) is 4.52. The first kappa shape index (κ1) is 13.0. The first-order valence-electron chi connectivity index (χ1n) is 6.39. The first-order chi connectivity index (χ1) is 7.05. The molecule has 2 nitrogen and oxygen atoms in total. The van der Waals surface area contributed by atoms with E-state index in [1.54, 1.807) is 0 Å². The minimum absolute atomic E-state index is 0.133. The molecular weight excluding hydrogens is 188 g/mol. The lowest BCUT2D eigenvalue weighted by atomic mass is 9.88. The summed E-state index contributed by atoms with van der Waals surface area (Å²) in [4.78, 5) is 11.2. The molecule has 90 valence electrons. The van der Waals surface area contributed by atoms with E-state index in [2.05, 4.69) is 27.7 Å². The summed E-state index contributed by atoms with van der Waals surface area (Å²) < 4.78 is 0. The Morgan fingerprint density at radius 2 is 1.87 bits per heavy atom. The second-order valence-electron chi connectivity index (χ2n) is 5.49. The van der Waals surface area contributed by atoms with Crippen molar-refractivity contribution in [1.82, 2.24) is 0 Å². The van der Waals surface area contributed by atoms with Crippen molar-refractivity contribution >= 4 is 0 Å². The van der Waals surface area contributed by atoms with Crippen LogP contribution in [0.3, 0.4) is 0 Å². The topological polar surface area (TPSA) is 18.5 Å². The van der Waals surface area contributed by atoms with Gasteiger partial charge in [-0.15, -0.1) is 0 Å². The molecule has 0 radical (unpaired) electrons. The van der Waals surface area contributed by atoms with E-state index in [1.807, 2.05) is 0 Å². The molecule has 1 aliphatic carbocycles. The molecule has 0 aromatic heterocycles. The maximum Gasteiger partial charge on any atom is 0.0980 e. The fraction of sp³-hybridized carbons (Fsp3) is 1.00. The zero-order valence-electron chi connectivity index (χ0n) is 10.7. The Hall–Kier alpha value is -0.0800. The van der Waals surface area contributed by atoms with Crippen molar-refractivity contribution in [2.75, 3.05) is 0 Å². The highest BCUT2D eigenvalue weighted by Gasteiger charge is 2.26. The third-order valence-corrected chi connectivity index (χ3v) is 3.28. The maximum atomic E-state index is 5.61. The lowest BCUT2D eigenvalue weighted by Crippen LogP contribution is -2.32. The van der Waals surface area contributed by atoms with Gasteiger partial charge in [-0.3, -0.25) is 0 Å². The summed E-state index contributed by atoms with van der Waals surface area (Å²) in [6, 6.07) is 0. The van der Waals surface area contributed by atoms with E-state index < -0.39 is 0 Å². The summed E-state index contributed by atoms with van der Waals surface area (Å²) in [5.41, 5.74) is -0.133. The Bertz CT molecular complexity index is 177. The maximum absolute atomic E-state index is 5.61. The van der Waals surface area contributed by atoms with Crippen LogP contribution < -0.4 is 0 Å². The summed E-state index contributed by atoms with van der Waals surface area (Å²) >= 11 is 0. The summed E-state index contributed by atoms with van der Waals surface area (Å²) in [6.45, 7) is 8.64. The molecule has 1 aliphatic rings. The van der Waals surface area contributed by atoms with E-state index in [-0.39, 0.29) is 5.60 Å². The molecule has 0 spiro atoms. The normalized spacial score (nSPS) is 28.0. The Kier molecular flexibility index (Phi) is 5.07. The molecule has 0 aromatic rings. The molecule has 2 atom stereocenters. The molecule has 2 unspecified atom stereocenters. The monoisotopic (exact) mass is 214 g/mol. The minimum Gasteiger partial charge on any atom is -0.233 e. The van der Waals surface area contributed by atoms with E-state index in [0.29, 0.717) is 12.0 Å². The Morgan fingerprint density at radius 1 is 1.20 bits per heavy atom. The van der Waals surface area contributed by atoms with Crippen molar-refractivity contribution in [3.05, 3.63) is 0 Å². The van der Waals surface area contributed by atoms with E-state index in [9.17, 15) is 0 Å². The molecule has 0 bridgehead atoms. The molecule has 0 aromatic carbocycles. The van der Waals surface area contributed by atoms with Gasteiger partial charge >= 0.3 is 0 Å². The van der Waals surface area contributed by atoms with Crippen LogP contribution in [0.15, 0.2) is 0 Å². The first-order valence-corrected chi connectivity index (χ1v) is 6.39. The van der Waals surface area contributed by atoms with Gasteiger partial charge < -0.3 is 0 Å². The standard InChI is InChI=1S/C13H26O2/c1-5-10-13(3,4)15-14-12-9-7-6-8-11(12)2/h11-12H,5-10H2,1-4H3. The van der Waals surface area contributed by atoms with Gasteiger partial charge in [0, 0.05) is 0 Å². The lowest BCUT2D eigenvalue weighted by Gasteiger charge is -2.31. The highest BCUT2D eigenvalue weighted by Crippen LogP contribution is 2.28. The smallest absolute Gasteiger partial charge is 0.0980 e. The number of rotatable bonds is 5. The van der Waals surface area contributed by atoms with Crippen molar-refractivity contribution < 1.29 is 9.78 Å². The van der Waals surface area contributed by atoms with Gasteiger partial charge in [-0.2, -0.15) is 0 Å². The molecule has 0 amide bonds. The molecule has 15 heavy (non-hydrogen) atoms. The van der Waals surface area contributed by atoms with Crippen molar-refractivity contribution in [2.24, 2.45) is 5.92 Å². The Morgan fingerprint density at radius 3 is 2.47 bits per heavy atom. The van der Waals surface area contributed by atoms with E-state index in [1.165, 1.54) is 19.3 Å². The van der Waals surface area contributed by atoms with Gasteiger partial charge in [0.2, 0.25) is 0 Å². The fourth-order valence-corrected chi connectivity index (χ4v) is 2.26. The number of hydrogen-bond acceptors (Lipinski definition) is 2. The Balaban J connectivity index is 2.28. The highest BCUT2D eigenvalue weighted by atomic mass is 17.2. The van der Waals surface area contributed by atoms with Gasteiger partial charge in [0.05, 0.1) is 11.7 Å². The predicted molar refractivity (Wildman–Crippen MR) is 62.6 cm³/mol. The fourth-order valence-electron chi connectivity index (χ4n) is 2.26. The van der Waals surface area contributed by atoms with Crippen LogP contribution >= 0.6 is 0 Å². The molecule has 2 heteroatoms. The lowest BCUT2D eigenvalue weighted by molar-refractivity contribution is -0.387. The molecule has 1 rings (SSSR count). The quantitative estimate of drug-likeness (QED) is 0.507. The average Bonchev–Trinajstić information content (AvgIpc) is 2.16. The van der Waals surface area contributed by atoms with Crippen LogP contribution in [0.4, 0.5) is 0 Å². The van der Waals surface area contributed by atoms with E-state index in [4.69, 9.17) is 9.78 Å². The molecule has 0 N–H and O–H groups in total. The molecule has 1 fully saturated rings. The van der Waals surface area contributed by atoms with Crippen molar-refractivity contribution in [3.63, 3.8) is 0 Å². The van der Waals surface area contributed by atoms with E-state index in [0.717, 1.165) is 19.3 Å². The molecular formula is C13H26O2. The van der Waals surface area contributed by atoms with Gasteiger partial charge in [0.25, 0.3) is 0 Å². The van der Waals surface area contributed by atoms with E-state index >= 15 is 0 Å². The average molecular weight is 214 g/mol. The minimum atomic E-state index is -0.133.